The van der Waals surface area contributed by atoms with E-state index in [9.17, 15) is 4.79 Å². The molecular weight excluding hydrogens is 246 g/mol. The molecule has 0 unspecified atom stereocenters. The Morgan fingerprint density at radius 3 is 2.86 bits per heavy atom. The quantitative estimate of drug-likeness (QED) is 0.641. The van der Waals surface area contributed by atoms with Crippen LogP contribution in [-0.4, -0.2) is 17.5 Å². The van der Waals surface area contributed by atoms with E-state index in [1.165, 1.54) is 0 Å². The number of aliphatic hydroxyl groups excluding tert-OH is 1. The van der Waals surface area contributed by atoms with Crippen LogP contribution in [0.25, 0.3) is 0 Å². The van der Waals surface area contributed by atoms with E-state index < -0.39 is 0 Å². The maximum Gasteiger partial charge on any atom is 0.165 e. The first-order valence-electron chi connectivity index (χ1n) is 4.35. The van der Waals surface area contributed by atoms with Crippen LogP contribution in [0.1, 0.15) is 23.2 Å². The normalized spacial score (nSPS) is 10.1. The average molecular weight is 258 g/mol. The van der Waals surface area contributed by atoms with Crippen LogP contribution in [0.4, 0.5) is 5.69 Å². The summed E-state index contributed by atoms with van der Waals surface area (Å²) in [6.45, 7) is 0.0274. The summed E-state index contributed by atoms with van der Waals surface area (Å²) in [4.78, 5) is 11.6. The Balaban J connectivity index is 2.84. The summed E-state index contributed by atoms with van der Waals surface area (Å²) >= 11 is 3.26. The number of aliphatic hydroxyl groups is 1. The van der Waals surface area contributed by atoms with Gasteiger partial charge in [0.2, 0.25) is 0 Å². The predicted octanol–water partition coefficient (Wildman–Crippen LogP) is 1.99. The third kappa shape index (κ3) is 2.56. The molecule has 0 fully saturated rings. The van der Waals surface area contributed by atoms with Crippen molar-refractivity contribution in [3.05, 3.63) is 28.2 Å². The molecule has 1 aromatic rings. The van der Waals surface area contributed by atoms with E-state index in [4.69, 9.17) is 10.8 Å². The minimum Gasteiger partial charge on any atom is -0.397 e. The van der Waals surface area contributed by atoms with Gasteiger partial charge in [0.25, 0.3) is 0 Å². The molecule has 3 nitrogen and oxygen atoms in total. The fourth-order valence-corrected chi connectivity index (χ4v) is 1.52. The molecule has 0 bridgehead atoms. The minimum absolute atomic E-state index is 0.0274. The SMILES string of the molecule is Nc1c(Br)cccc1C(=O)CCCO. The lowest BCUT2D eigenvalue weighted by atomic mass is 10.1. The summed E-state index contributed by atoms with van der Waals surface area (Å²) in [6.07, 6.45) is 0.807. The highest BCUT2D eigenvalue weighted by Crippen LogP contribution is 2.24. The molecule has 0 aliphatic heterocycles. The molecule has 0 spiro atoms. The molecule has 0 heterocycles. The Morgan fingerprint density at radius 2 is 2.21 bits per heavy atom. The molecule has 1 rings (SSSR count). The number of carbonyl (C=O) groups excluding carboxylic acids is 1. The zero-order chi connectivity index (χ0) is 10.6. The summed E-state index contributed by atoms with van der Waals surface area (Å²) in [6, 6.07) is 5.25. The van der Waals surface area contributed by atoms with E-state index >= 15 is 0 Å². The summed E-state index contributed by atoms with van der Waals surface area (Å²) in [5, 5.41) is 8.59. The average Bonchev–Trinajstić information content (AvgIpc) is 2.18. The molecule has 0 aliphatic rings. The van der Waals surface area contributed by atoms with Gasteiger partial charge in [-0.25, -0.2) is 0 Å². The first-order valence-corrected chi connectivity index (χ1v) is 5.14. The number of nitrogen functional groups attached to an aromatic ring is 1. The molecule has 4 heteroatoms. The Labute approximate surface area is 91.1 Å². The largest absolute Gasteiger partial charge is 0.397 e. The molecule has 0 aromatic heterocycles. The van der Waals surface area contributed by atoms with Gasteiger partial charge in [0, 0.05) is 23.1 Å². The second kappa shape index (κ2) is 5.12. The van der Waals surface area contributed by atoms with Crippen LogP contribution in [0.15, 0.2) is 22.7 Å². The van der Waals surface area contributed by atoms with Crippen LogP contribution >= 0.6 is 15.9 Å². The van der Waals surface area contributed by atoms with Crippen molar-refractivity contribution in [3.8, 4) is 0 Å². The van der Waals surface area contributed by atoms with Crippen molar-refractivity contribution in [3.63, 3.8) is 0 Å². The number of benzene rings is 1. The topological polar surface area (TPSA) is 63.3 Å². The van der Waals surface area contributed by atoms with Gasteiger partial charge in [0.1, 0.15) is 0 Å². The Bertz CT molecular complexity index is 339. The monoisotopic (exact) mass is 257 g/mol. The van der Waals surface area contributed by atoms with Crippen LogP contribution in [0.5, 0.6) is 0 Å². The first-order chi connectivity index (χ1) is 6.66. The Kier molecular flexibility index (Phi) is 4.10. The fraction of sp³-hybridized carbons (Fsp3) is 0.300. The molecule has 0 saturated heterocycles. The highest BCUT2D eigenvalue weighted by molar-refractivity contribution is 9.10. The number of hydrogen-bond donors (Lipinski definition) is 2. The minimum atomic E-state index is -0.0298. The Hall–Kier alpha value is -0.870. The van der Waals surface area contributed by atoms with Crippen molar-refractivity contribution in [1.29, 1.82) is 0 Å². The second-order valence-corrected chi connectivity index (χ2v) is 3.81. The third-order valence-electron chi connectivity index (χ3n) is 1.92. The van der Waals surface area contributed by atoms with Gasteiger partial charge in [-0.3, -0.25) is 4.79 Å². The zero-order valence-electron chi connectivity index (χ0n) is 7.66. The smallest absolute Gasteiger partial charge is 0.165 e. The number of carbonyl (C=O) groups is 1. The number of ketones is 1. The van der Waals surface area contributed by atoms with E-state index in [1.54, 1.807) is 18.2 Å². The van der Waals surface area contributed by atoms with Crippen molar-refractivity contribution >= 4 is 27.4 Å². The van der Waals surface area contributed by atoms with E-state index in [2.05, 4.69) is 15.9 Å². The van der Waals surface area contributed by atoms with Crippen LogP contribution in [0.3, 0.4) is 0 Å². The number of para-hydroxylation sites is 1. The highest BCUT2D eigenvalue weighted by atomic mass is 79.9. The van der Waals surface area contributed by atoms with E-state index in [0.717, 1.165) is 4.47 Å². The van der Waals surface area contributed by atoms with E-state index in [1.807, 2.05) is 0 Å². The lowest BCUT2D eigenvalue weighted by Gasteiger charge is -2.05. The summed E-state index contributed by atoms with van der Waals surface area (Å²) < 4.78 is 0.729. The number of Topliss-reactive ketones (excluding diaryl/α,β-unsaturated/α-hetero) is 1. The fourth-order valence-electron chi connectivity index (χ4n) is 1.15. The molecular formula is C10H12BrNO2. The number of nitrogens with two attached hydrogens (primary N) is 1. The van der Waals surface area contributed by atoms with Crippen LogP contribution in [0, 0.1) is 0 Å². The van der Waals surface area contributed by atoms with Crippen molar-refractivity contribution in [2.24, 2.45) is 0 Å². The lowest BCUT2D eigenvalue weighted by molar-refractivity contribution is 0.0972. The molecule has 0 atom stereocenters. The molecule has 3 N–H and O–H groups in total. The van der Waals surface area contributed by atoms with Crippen molar-refractivity contribution in [2.75, 3.05) is 12.3 Å². The van der Waals surface area contributed by atoms with Gasteiger partial charge >= 0.3 is 0 Å². The second-order valence-electron chi connectivity index (χ2n) is 2.95. The van der Waals surface area contributed by atoms with Crippen molar-refractivity contribution in [2.45, 2.75) is 12.8 Å². The van der Waals surface area contributed by atoms with Gasteiger partial charge in [-0.05, 0) is 34.5 Å². The lowest BCUT2D eigenvalue weighted by Crippen LogP contribution is -2.04. The van der Waals surface area contributed by atoms with Gasteiger partial charge in [-0.2, -0.15) is 0 Å². The third-order valence-corrected chi connectivity index (χ3v) is 2.61. The van der Waals surface area contributed by atoms with E-state index in [0.29, 0.717) is 24.1 Å². The molecule has 76 valence electrons. The maximum absolute atomic E-state index is 11.6. The Morgan fingerprint density at radius 1 is 1.50 bits per heavy atom. The van der Waals surface area contributed by atoms with Gasteiger partial charge in [-0.1, -0.05) is 6.07 Å². The standard InChI is InChI=1S/C10H12BrNO2/c11-8-4-1-3-7(10(8)12)9(14)5-2-6-13/h1,3-4,13H,2,5-6,12H2. The molecule has 0 radical (unpaired) electrons. The number of anilines is 1. The molecule has 0 amide bonds. The van der Waals surface area contributed by atoms with Crippen molar-refractivity contribution < 1.29 is 9.90 Å². The van der Waals surface area contributed by atoms with Crippen LogP contribution in [-0.2, 0) is 0 Å². The van der Waals surface area contributed by atoms with Gasteiger partial charge in [0.15, 0.2) is 5.78 Å². The number of halogens is 1. The maximum atomic E-state index is 11.6. The molecule has 0 aliphatic carbocycles. The van der Waals surface area contributed by atoms with E-state index in [-0.39, 0.29) is 12.4 Å². The zero-order valence-corrected chi connectivity index (χ0v) is 9.25. The first kappa shape index (κ1) is 11.2. The molecule has 0 saturated carbocycles. The summed E-state index contributed by atoms with van der Waals surface area (Å²) in [5.74, 6) is -0.0298. The molecule has 1 aromatic carbocycles. The van der Waals surface area contributed by atoms with Gasteiger partial charge in [0.05, 0.1) is 5.69 Å². The van der Waals surface area contributed by atoms with Crippen LogP contribution in [0.2, 0.25) is 0 Å². The number of rotatable bonds is 4. The number of hydrogen-bond acceptors (Lipinski definition) is 3. The van der Waals surface area contributed by atoms with Gasteiger partial charge in [-0.15, -0.1) is 0 Å². The van der Waals surface area contributed by atoms with Crippen molar-refractivity contribution in [1.82, 2.24) is 0 Å². The predicted molar refractivity (Wildman–Crippen MR) is 59.2 cm³/mol. The van der Waals surface area contributed by atoms with Gasteiger partial charge < -0.3 is 10.8 Å². The summed E-state index contributed by atoms with van der Waals surface area (Å²) in [5.41, 5.74) is 6.71. The molecule has 14 heavy (non-hydrogen) atoms. The summed E-state index contributed by atoms with van der Waals surface area (Å²) in [7, 11) is 0. The highest BCUT2D eigenvalue weighted by Gasteiger charge is 2.10. The van der Waals surface area contributed by atoms with Crippen LogP contribution < -0.4 is 5.73 Å².